The molecule has 1 amide bonds. The maximum Gasteiger partial charge on any atom is 0.247 e. The molecule has 4 rings (SSSR count). The second-order valence-electron chi connectivity index (χ2n) is 7.67. The van der Waals surface area contributed by atoms with Crippen LogP contribution in [0.3, 0.4) is 0 Å². The van der Waals surface area contributed by atoms with Crippen LogP contribution in [0.15, 0.2) is 37.1 Å². The van der Waals surface area contributed by atoms with Gasteiger partial charge >= 0.3 is 0 Å². The Balaban J connectivity index is 1.51. The quantitative estimate of drug-likeness (QED) is 0.656. The van der Waals surface area contributed by atoms with E-state index in [1.807, 2.05) is 6.07 Å². The summed E-state index contributed by atoms with van der Waals surface area (Å²) in [6.45, 7) is 6.02. The van der Waals surface area contributed by atoms with Crippen LogP contribution in [0, 0.1) is 5.82 Å². The van der Waals surface area contributed by atoms with Crippen LogP contribution in [-0.2, 0) is 17.8 Å². The van der Waals surface area contributed by atoms with E-state index in [9.17, 15) is 9.18 Å². The number of benzene rings is 1. The van der Waals surface area contributed by atoms with Gasteiger partial charge in [0.15, 0.2) is 11.6 Å². The Morgan fingerprint density at radius 3 is 3.07 bits per heavy atom. The number of amides is 1. The summed E-state index contributed by atoms with van der Waals surface area (Å²) >= 11 is 0. The van der Waals surface area contributed by atoms with Crippen molar-refractivity contribution < 1.29 is 9.18 Å². The number of nitrogens with one attached hydrogen (secondary N) is 3. The molecule has 1 aromatic heterocycles. The number of nitrogens with zero attached hydrogens (tertiary/aromatic N) is 3. The molecule has 3 N–H and O–H groups in total. The van der Waals surface area contributed by atoms with Gasteiger partial charge in [-0.15, -0.1) is 0 Å². The number of rotatable bonds is 5. The summed E-state index contributed by atoms with van der Waals surface area (Å²) in [5.74, 6) is -0.336. The summed E-state index contributed by atoms with van der Waals surface area (Å²) in [6, 6.07) is 6.20. The monoisotopic (exact) mass is 410 g/mol. The Hall–Kier alpha value is -3.00. The van der Waals surface area contributed by atoms with Gasteiger partial charge in [-0.05, 0) is 68.0 Å². The molecule has 0 spiro atoms. The Labute approximate surface area is 175 Å². The SMILES string of the molecule is C=CC(=O)N1CCCC[C@@H]1Nc1nc(Nc2ccc3c(c2)CNCCC3)ncc1F. The van der Waals surface area contributed by atoms with Gasteiger partial charge in [-0.25, -0.2) is 9.37 Å². The third-order valence-electron chi connectivity index (χ3n) is 5.59. The highest BCUT2D eigenvalue weighted by molar-refractivity contribution is 5.87. The molecule has 1 atom stereocenters. The highest BCUT2D eigenvalue weighted by atomic mass is 19.1. The van der Waals surface area contributed by atoms with Crippen molar-refractivity contribution in [3.8, 4) is 0 Å². The van der Waals surface area contributed by atoms with Gasteiger partial charge in [0, 0.05) is 18.8 Å². The van der Waals surface area contributed by atoms with E-state index in [2.05, 4.69) is 44.6 Å². The van der Waals surface area contributed by atoms with E-state index >= 15 is 0 Å². The van der Waals surface area contributed by atoms with Crippen molar-refractivity contribution in [1.82, 2.24) is 20.2 Å². The first-order valence-corrected chi connectivity index (χ1v) is 10.5. The van der Waals surface area contributed by atoms with E-state index in [1.54, 1.807) is 4.90 Å². The third-order valence-corrected chi connectivity index (χ3v) is 5.59. The predicted octanol–water partition coefficient (Wildman–Crippen LogP) is 3.33. The van der Waals surface area contributed by atoms with Crippen LogP contribution >= 0.6 is 0 Å². The van der Waals surface area contributed by atoms with Crippen molar-refractivity contribution in [3.05, 3.63) is 54.0 Å². The number of fused-ring (bicyclic) bond motifs is 1. The van der Waals surface area contributed by atoms with Crippen LogP contribution in [0.5, 0.6) is 0 Å². The number of aromatic nitrogens is 2. The first-order valence-electron chi connectivity index (χ1n) is 10.5. The average Bonchev–Trinajstić information content (AvgIpc) is 3.01. The molecule has 0 unspecified atom stereocenters. The molecule has 1 aromatic carbocycles. The molecule has 2 aromatic rings. The van der Waals surface area contributed by atoms with Crippen LogP contribution in [0.4, 0.5) is 21.8 Å². The first kappa shape index (κ1) is 20.3. The van der Waals surface area contributed by atoms with Gasteiger partial charge < -0.3 is 20.9 Å². The Bertz CT molecular complexity index is 934. The zero-order valence-corrected chi connectivity index (χ0v) is 17.0. The van der Waals surface area contributed by atoms with Crippen molar-refractivity contribution >= 4 is 23.4 Å². The van der Waals surface area contributed by atoms with Crippen molar-refractivity contribution in [2.24, 2.45) is 0 Å². The van der Waals surface area contributed by atoms with Gasteiger partial charge in [-0.1, -0.05) is 12.6 Å². The summed E-state index contributed by atoms with van der Waals surface area (Å²) in [5.41, 5.74) is 3.45. The number of hydrogen-bond donors (Lipinski definition) is 3. The number of hydrogen-bond acceptors (Lipinski definition) is 6. The standard InChI is InChI=1S/C22H27FN6O/c1-2-20(30)29-11-4-3-7-19(29)27-21-18(23)14-25-22(28-21)26-17-9-8-15-6-5-10-24-13-16(15)12-17/h2,8-9,12,14,19,24H,1,3-7,10-11,13H2,(H2,25,26,27,28)/t19-/m1/s1. The molecule has 1 fully saturated rings. The van der Waals surface area contributed by atoms with Crippen molar-refractivity contribution in [3.63, 3.8) is 0 Å². The summed E-state index contributed by atoms with van der Waals surface area (Å²) in [5, 5.41) is 9.67. The van der Waals surface area contributed by atoms with Crippen molar-refractivity contribution in [2.75, 3.05) is 23.7 Å². The van der Waals surface area contributed by atoms with E-state index in [0.29, 0.717) is 12.5 Å². The lowest BCUT2D eigenvalue weighted by Crippen LogP contribution is -2.47. The van der Waals surface area contributed by atoms with Gasteiger partial charge in [0.2, 0.25) is 11.9 Å². The average molecular weight is 410 g/mol. The molecule has 7 nitrogen and oxygen atoms in total. The first-order chi connectivity index (χ1) is 14.6. The summed E-state index contributed by atoms with van der Waals surface area (Å²) in [7, 11) is 0. The van der Waals surface area contributed by atoms with Crippen LogP contribution < -0.4 is 16.0 Å². The maximum atomic E-state index is 14.4. The number of likely N-dealkylation sites (tertiary alicyclic amines) is 1. The Morgan fingerprint density at radius 2 is 2.20 bits per heavy atom. The number of piperidine rings is 1. The highest BCUT2D eigenvalue weighted by Crippen LogP contribution is 2.24. The fourth-order valence-corrected chi connectivity index (χ4v) is 4.02. The van der Waals surface area contributed by atoms with E-state index < -0.39 is 5.82 Å². The molecular weight excluding hydrogens is 383 g/mol. The summed E-state index contributed by atoms with van der Waals surface area (Å²) in [6.07, 6.45) is 6.91. The van der Waals surface area contributed by atoms with E-state index in [-0.39, 0.29) is 17.9 Å². The second kappa shape index (κ2) is 9.21. The van der Waals surface area contributed by atoms with Gasteiger partial charge in [0.05, 0.1) is 6.20 Å². The number of halogens is 1. The molecule has 158 valence electrons. The zero-order chi connectivity index (χ0) is 20.9. The van der Waals surface area contributed by atoms with Gasteiger partial charge in [-0.2, -0.15) is 4.98 Å². The lowest BCUT2D eigenvalue weighted by molar-refractivity contribution is -0.128. The molecule has 30 heavy (non-hydrogen) atoms. The van der Waals surface area contributed by atoms with Gasteiger partial charge in [0.25, 0.3) is 0 Å². The topological polar surface area (TPSA) is 82.2 Å². The molecular formula is C22H27FN6O. The second-order valence-corrected chi connectivity index (χ2v) is 7.67. The van der Waals surface area contributed by atoms with Crippen molar-refractivity contribution in [2.45, 2.75) is 44.8 Å². The molecule has 1 saturated heterocycles. The number of anilines is 3. The lowest BCUT2D eigenvalue weighted by Gasteiger charge is -2.35. The molecule has 0 bridgehead atoms. The Kier molecular flexibility index (Phi) is 6.23. The fraction of sp³-hybridized carbons (Fsp3) is 0.409. The van der Waals surface area contributed by atoms with Crippen LogP contribution in [-0.4, -0.2) is 40.0 Å². The van der Waals surface area contributed by atoms with E-state index in [0.717, 1.165) is 57.1 Å². The highest BCUT2D eigenvalue weighted by Gasteiger charge is 2.26. The van der Waals surface area contributed by atoms with E-state index in [4.69, 9.17) is 0 Å². The number of aryl methyl sites for hydroxylation is 1. The summed E-state index contributed by atoms with van der Waals surface area (Å²) in [4.78, 5) is 22.2. The van der Waals surface area contributed by atoms with E-state index in [1.165, 1.54) is 17.2 Å². The molecule has 2 aliphatic heterocycles. The largest absolute Gasteiger partial charge is 0.347 e. The molecule has 0 aliphatic carbocycles. The molecule has 0 saturated carbocycles. The summed E-state index contributed by atoms with van der Waals surface area (Å²) < 4.78 is 14.4. The normalized spacial score (nSPS) is 18.8. The molecule has 3 heterocycles. The smallest absolute Gasteiger partial charge is 0.247 e. The van der Waals surface area contributed by atoms with Crippen LogP contribution in [0.1, 0.15) is 36.8 Å². The van der Waals surface area contributed by atoms with Crippen molar-refractivity contribution in [1.29, 1.82) is 0 Å². The zero-order valence-electron chi connectivity index (χ0n) is 17.0. The van der Waals surface area contributed by atoms with Gasteiger partial charge in [-0.3, -0.25) is 4.79 Å². The maximum absolute atomic E-state index is 14.4. The van der Waals surface area contributed by atoms with Gasteiger partial charge in [0.1, 0.15) is 6.17 Å². The fourth-order valence-electron chi connectivity index (χ4n) is 4.02. The van der Waals surface area contributed by atoms with Crippen LogP contribution in [0.2, 0.25) is 0 Å². The third kappa shape index (κ3) is 4.59. The number of carbonyl (C=O) groups is 1. The molecule has 2 aliphatic rings. The minimum Gasteiger partial charge on any atom is -0.347 e. The van der Waals surface area contributed by atoms with Crippen LogP contribution in [0.25, 0.3) is 0 Å². The predicted molar refractivity (Wildman–Crippen MR) is 115 cm³/mol. The lowest BCUT2D eigenvalue weighted by atomic mass is 10.0. The number of carbonyl (C=O) groups excluding carboxylic acids is 1. The minimum absolute atomic E-state index is 0.0812. The molecule has 8 heteroatoms. The minimum atomic E-state index is -0.553. The molecule has 0 radical (unpaired) electrons. The Morgan fingerprint density at radius 1 is 1.30 bits per heavy atom.